The third-order valence-electron chi connectivity index (χ3n) is 3.13. The second-order valence-corrected chi connectivity index (χ2v) is 5.97. The zero-order valence-electron chi connectivity index (χ0n) is 12.6. The van der Waals surface area contributed by atoms with Crippen LogP contribution in [0.5, 0.6) is 0 Å². The Hall–Kier alpha value is -1.33. The summed E-state index contributed by atoms with van der Waals surface area (Å²) in [5.41, 5.74) is 3.83. The van der Waals surface area contributed by atoms with Gasteiger partial charge in [0.2, 0.25) is 0 Å². The summed E-state index contributed by atoms with van der Waals surface area (Å²) in [6, 6.07) is 0. The summed E-state index contributed by atoms with van der Waals surface area (Å²) in [5, 5.41) is 14.9. The van der Waals surface area contributed by atoms with E-state index in [-0.39, 0.29) is 17.8 Å². The van der Waals surface area contributed by atoms with Crippen LogP contribution < -0.4 is 5.32 Å². The molecule has 0 saturated carbocycles. The third-order valence-corrected chi connectivity index (χ3v) is 3.13. The molecule has 5 nitrogen and oxygen atoms in total. The number of hydrogen-bond acceptors (Lipinski definition) is 3. The van der Waals surface area contributed by atoms with Gasteiger partial charge in [-0.05, 0) is 18.5 Å². The molecule has 112 valence electrons. The standard InChI is InChI=1S/C14H23N5.ClH/c1-14(2,3)13-12(9-16-18-13)8-15-6-5-11-7-17-19(4)10-11;/h7,9-10,15H,5-6,8H2,1-4H3,(H,16,18);1H. The van der Waals surface area contributed by atoms with Gasteiger partial charge in [0.15, 0.2) is 0 Å². The highest BCUT2D eigenvalue weighted by molar-refractivity contribution is 5.85. The molecule has 0 amide bonds. The number of aryl methyl sites for hydroxylation is 1. The number of hydrogen-bond donors (Lipinski definition) is 2. The van der Waals surface area contributed by atoms with Crippen LogP contribution >= 0.6 is 12.4 Å². The molecule has 0 fully saturated rings. The van der Waals surface area contributed by atoms with E-state index in [0.29, 0.717) is 0 Å². The Morgan fingerprint density at radius 3 is 2.65 bits per heavy atom. The van der Waals surface area contributed by atoms with E-state index in [9.17, 15) is 0 Å². The molecule has 2 aromatic rings. The Morgan fingerprint density at radius 2 is 2.05 bits per heavy atom. The van der Waals surface area contributed by atoms with Crippen LogP contribution in [0.3, 0.4) is 0 Å². The molecule has 2 rings (SSSR count). The smallest absolute Gasteiger partial charge is 0.0535 e. The molecule has 0 radical (unpaired) electrons. The third kappa shape index (κ3) is 4.35. The molecule has 0 atom stereocenters. The summed E-state index contributed by atoms with van der Waals surface area (Å²) in [6.07, 6.45) is 6.88. The highest BCUT2D eigenvalue weighted by Gasteiger charge is 2.19. The van der Waals surface area contributed by atoms with E-state index in [0.717, 1.165) is 19.5 Å². The molecule has 0 unspecified atom stereocenters. The zero-order valence-corrected chi connectivity index (χ0v) is 13.4. The number of rotatable bonds is 5. The summed E-state index contributed by atoms with van der Waals surface area (Å²) in [4.78, 5) is 0. The van der Waals surface area contributed by atoms with Gasteiger partial charge in [0, 0.05) is 36.5 Å². The Kier molecular flexibility index (Phi) is 5.77. The zero-order chi connectivity index (χ0) is 13.9. The molecule has 0 aliphatic carbocycles. The van der Waals surface area contributed by atoms with Crippen molar-refractivity contribution in [2.75, 3.05) is 6.54 Å². The van der Waals surface area contributed by atoms with Gasteiger partial charge in [-0.15, -0.1) is 12.4 Å². The SMILES string of the molecule is Cl.Cn1cc(CCNCc2cn[nH]c2C(C)(C)C)cn1. The van der Waals surface area contributed by atoms with Crippen molar-refractivity contribution < 1.29 is 0 Å². The molecule has 0 spiro atoms. The van der Waals surface area contributed by atoms with Crippen LogP contribution in [0.1, 0.15) is 37.6 Å². The fourth-order valence-electron chi connectivity index (χ4n) is 2.15. The lowest BCUT2D eigenvalue weighted by atomic mass is 9.89. The Labute approximate surface area is 126 Å². The van der Waals surface area contributed by atoms with Crippen LogP contribution in [0.2, 0.25) is 0 Å². The molecule has 0 aliphatic heterocycles. The van der Waals surface area contributed by atoms with Crippen molar-refractivity contribution in [3.63, 3.8) is 0 Å². The van der Waals surface area contributed by atoms with Crippen LogP contribution in [0, 0.1) is 0 Å². The number of H-pyrrole nitrogens is 1. The number of aromatic amines is 1. The molecule has 2 N–H and O–H groups in total. The van der Waals surface area contributed by atoms with Crippen LogP contribution in [0.15, 0.2) is 18.6 Å². The summed E-state index contributed by atoms with van der Waals surface area (Å²) >= 11 is 0. The first-order chi connectivity index (χ1) is 8.97. The van der Waals surface area contributed by atoms with E-state index >= 15 is 0 Å². The highest BCUT2D eigenvalue weighted by Crippen LogP contribution is 2.23. The topological polar surface area (TPSA) is 58.5 Å². The Morgan fingerprint density at radius 1 is 1.30 bits per heavy atom. The summed E-state index contributed by atoms with van der Waals surface area (Å²) < 4.78 is 1.84. The van der Waals surface area contributed by atoms with Gasteiger partial charge >= 0.3 is 0 Å². The minimum absolute atomic E-state index is 0. The quantitative estimate of drug-likeness (QED) is 0.832. The lowest BCUT2D eigenvalue weighted by Crippen LogP contribution is -2.20. The highest BCUT2D eigenvalue weighted by atomic mass is 35.5. The second kappa shape index (κ2) is 6.90. The first-order valence-electron chi connectivity index (χ1n) is 6.68. The first kappa shape index (κ1) is 16.7. The normalized spacial score (nSPS) is 11.4. The van der Waals surface area contributed by atoms with Crippen molar-refractivity contribution in [1.82, 2.24) is 25.3 Å². The van der Waals surface area contributed by atoms with E-state index in [1.165, 1.54) is 16.8 Å². The summed E-state index contributed by atoms with van der Waals surface area (Å²) in [7, 11) is 1.94. The fourth-order valence-corrected chi connectivity index (χ4v) is 2.15. The predicted molar refractivity (Wildman–Crippen MR) is 83.2 cm³/mol. The lowest BCUT2D eigenvalue weighted by molar-refractivity contribution is 0.554. The number of halogens is 1. The molecule has 6 heteroatoms. The molecular formula is C14H24ClN5. The molecule has 0 bridgehead atoms. The van der Waals surface area contributed by atoms with Gasteiger partial charge in [-0.25, -0.2) is 0 Å². The maximum absolute atomic E-state index is 4.17. The molecule has 0 aliphatic rings. The maximum Gasteiger partial charge on any atom is 0.0535 e. The Balaban J connectivity index is 0.00000200. The van der Waals surface area contributed by atoms with Gasteiger partial charge in [-0.1, -0.05) is 20.8 Å². The molecule has 0 aromatic carbocycles. The molecule has 20 heavy (non-hydrogen) atoms. The maximum atomic E-state index is 4.17. The van der Waals surface area contributed by atoms with Gasteiger partial charge in [-0.2, -0.15) is 10.2 Å². The van der Waals surface area contributed by atoms with Crippen molar-refractivity contribution in [3.05, 3.63) is 35.4 Å². The van der Waals surface area contributed by atoms with Gasteiger partial charge in [-0.3, -0.25) is 9.78 Å². The average molecular weight is 298 g/mol. The minimum Gasteiger partial charge on any atom is -0.312 e. The monoisotopic (exact) mass is 297 g/mol. The lowest BCUT2D eigenvalue weighted by Gasteiger charge is -2.18. The van der Waals surface area contributed by atoms with E-state index in [1.807, 2.05) is 24.1 Å². The Bertz CT molecular complexity index is 524. The first-order valence-corrected chi connectivity index (χ1v) is 6.68. The predicted octanol–water partition coefficient (Wildman–Crippen LogP) is 2.19. The van der Waals surface area contributed by atoms with E-state index in [4.69, 9.17) is 0 Å². The molecule has 2 aromatic heterocycles. The number of aromatic nitrogens is 4. The van der Waals surface area contributed by atoms with E-state index in [2.05, 4.69) is 47.6 Å². The largest absolute Gasteiger partial charge is 0.312 e. The molecule has 0 saturated heterocycles. The van der Waals surface area contributed by atoms with Gasteiger partial charge in [0.25, 0.3) is 0 Å². The van der Waals surface area contributed by atoms with Gasteiger partial charge < -0.3 is 5.32 Å². The average Bonchev–Trinajstić information content (AvgIpc) is 2.92. The summed E-state index contributed by atoms with van der Waals surface area (Å²) in [5.74, 6) is 0. The van der Waals surface area contributed by atoms with Crippen LogP contribution in [-0.2, 0) is 25.4 Å². The van der Waals surface area contributed by atoms with Crippen molar-refractivity contribution in [2.45, 2.75) is 39.2 Å². The second-order valence-electron chi connectivity index (χ2n) is 5.97. The summed E-state index contributed by atoms with van der Waals surface area (Å²) in [6.45, 7) is 8.38. The van der Waals surface area contributed by atoms with Gasteiger partial charge in [0.05, 0.1) is 12.4 Å². The van der Waals surface area contributed by atoms with Crippen LogP contribution in [0.4, 0.5) is 0 Å². The minimum atomic E-state index is 0. The van der Waals surface area contributed by atoms with E-state index in [1.54, 1.807) is 0 Å². The molecule has 2 heterocycles. The van der Waals surface area contributed by atoms with Crippen LogP contribution in [-0.4, -0.2) is 26.5 Å². The molecular weight excluding hydrogens is 274 g/mol. The van der Waals surface area contributed by atoms with Crippen molar-refractivity contribution in [1.29, 1.82) is 0 Å². The fraction of sp³-hybridized carbons (Fsp3) is 0.571. The van der Waals surface area contributed by atoms with Crippen molar-refractivity contribution >= 4 is 12.4 Å². The van der Waals surface area contributed by atoms with Gasteiger partial charge in [0.1, 0.15) is 0 Å². The van der Waals surface area contributed by atoms with Crippen molar-refractivity contribution in [2.24, 2.45) is 7.05 Å². The van der Waals surface area contributed by atoms with E-state index < -0.39 is 0 Å². The van der Waals surface area contributed by atoms with Crippen LogP contribution in [0.25, 0.3) is 0 Å². The number of nitrogens with zero attached hydrogens (tertiary/aromatic N) is 3. The number of nitrogens with one attached hydrogen (secondary N) is 2. The van der Waals surface area contributed by atoms with Crippen molar-refractivity contribution in [3.8, 4) is 0 Å².